The maximum atomic E-state index is 13.3. The summed E-state index contributed by atoms with van der Waals surface area (Å²) in [5.41, 5.74) is 6.17. The predicted molar refractivity (Wildman–Crippen MR) is 64.1 cm³/mol. The van der Waals surface area contributed by atoms with Crippen molar-refractivity contribution in [2.45, 2.75) is 19.3 Å². The van der Waals surface area contributed by atoms with Gasteiger partial charge in [0.25, 0.3) is 0 Å². The average Bonchev–Trinajstić information content (AvgIpc) is 2.78. The van der Waals surface area contributed by atoms with Crippen molar-refractivity contribution in [3.8, 4) is 0 Å². The van der Waals surface area contributed by atoms with E-state index < -0.39 is 5.82 Å². The van der Waals surface area contributed by atoms with Gasteiger partial charge in [-0.2, -0.15) is 0 Å². The number of halogens is 1. The number of hydrogen-bond donors (Lipinski definition) is 1. The van der Waals surface area contributed by atoms with Gasteiger partial charge in [-0.05, 0) is 31.4 Å². The molecule has 3 rings (SSSR count). The van der Waals surface area contributed by atoms with E-state index in [1.807, 2.05) is 0 Å². The minimum atomic E-state index is -0.502. The van der Waals surface area contributed by atoms with E-state index >= 15 is 0 Å². The molecule has 94 valence electrons. The molecule has 0 radical (unpaired) electrons. The molecule has 1 saturated heterocycles. The highest BCUT2D eigenvalue weighted by Crippen LogP contribution is 2.41. The second-order valence-electron chi connectivity index (χ2n) is 4.92. The fourth-order valence-electron chi connectivity index (χ4n) is 2.85. The van der Waals surface area contributed by atoms with Gasteiger partial charge >= 0.3 is 0 Å². The molecule has 2 atom stereocenters. The molecule has 1 aromatic rings. The van der Waals surface area contributed by atoms with Crippen LogP contribution in [0.3, 0.4) is 0 Å². The van der Waals surface area contributed by atoms with Crippen LogP contribution < -0.4 is 10.6 Å². The first-order chi connectivity index (χ1) is 8.58. The lowest BCUT2D eigenvalue weighted by atomic mass is 9.96. The Kier molecular flexibility index (Phi) is 2.36. The highest BCUT2D eigenvalue weighted by Gasteiger charge is 2.46. The predicted octanol–water partition coefficient (Wildman–Crippen LogP) is 1.70. The van der Waals surface area contributed by atoms with Crippen LogP contribution >= 0.6 is 0 Å². The van der Waals surface area contributed by atoms with E-state index in [9.17, 15) is 14.0 Å². The van der Waals surface area contributed by atoms with Crippen molar-refractivity contribution in [3.63, 3.8) is 0 Å². The third-order valence-corrected chi connectivity index (χ3v) is 3.81. The molecule has 18 heavy (non-hydrogen) atoms. The van der Waals surface area contributed by atoms with Gasteiger partial charge in [0.1, 0.15) is 5.82 Å². The minimum Gasteiger partial charge on any atom is -0.397 e. The highest BCUT2D eigenvalue weighted by atomic mass is 19.1. The number of anilines is 2. The summed E-state index contributed by atoms with van der Waals surface area (Å²) in [6.07, 6.45) is 2.10. The van der Waals surface area contributed by atoms with E-state index in [1.165, 1.54) is 12.1 Å². The maximum Gasteiger partial charge on any atom is 0.236 e. The van der Waals surface area contributed by atoms with Crippen LogP contribution in [0.2, 0.25) is 0 Å². The summed E-state index contributed by atoms with van der Waals surface area (Å²) in [5.74, 6) is -1.22. The molecule has 0 aromatic heterocycles. The molecular formula is C13H13FN2O2. The van der Waals surface area contributed by atoms with Gasteiger partial charge in [-0.1, -0.05) is 0 Å². The van der Waals surface area contributed by atoms with E-state index in [1.54, 1.807) is 0 Å². The van der Waals surface area contributed by atoms with Crippen LogP contribution in [-0.4, -0.2) is 11.8 Å². The molecule has 2 fully saturated rings. The number of hydrogen-bond acceptors (Lipinski definition) is 3. The summed E-state index contributed by atoms with van der Waals surface area (Å²) in [5, 5.41) is 0. The van der Waals surface area contributed by atoms with Crippen LogP contribution in [0.15, 0.2) is 18.2 Å². The van der Waals surface area contributed by atoms with Crippen molar-refractivity contribution in [2.75, 3.05) is 10.6 Å². The molecule has 0 spiro atoms. The number of imide groups is 1. The Balaban J connectivity index is 2.07. The summed E-state index contributed by atoms with van der Waals surface area (Å²) < 4.78 is 13.3. The van der Waals surface area contributed by atoms with Gasteiger partial charge in [0.15, 0.2) is 0 Å². The Morgan fingerprint density at radius 1 is 1.17 bits per heavy atom. The SMILES string of the molecule is Nc1ccc(F)cc1N1C(=O)C2CCC(C2)C1=O. The van der Waals surface area contributed by atoms with E-state index in [0.717, 1.165) is 23.8 Å². The summed E-state index contributed by atoms with van der Waals surface area (Å²) in [7, 11) is 0. The van der Waals surface area contributed by atoms with Crippen molar-refractivity contribution >= 4 is 23.2 Å². The molecule has 2 aliphatic rings. The van der Waals surface area contributed by atoms with E-state index in [-0.39, 0.29) is 35.0 Å². The van der Waals surface area contributed by atoms with E-state index in [4.69, 9.17) is 5.73 Å². The highest BCUT2D eigenvalue weighted by molar-refractivity contribution is 6.19. The van der Waals surface area contributed by atoms with Gasteiger partial charge in [0, 0.05) is 17.9 Å². The fraction of sp³-hybridized carbons (Fsp3) is 0.385. The number of nitrogens with two attached hydrogens (primary N) is 1. The smallest absolute Gasteiger partial charge is 0.236 e. The Morgan fingerprint density at radius 3 is 2.39 bits per heavy atom. The molecule has 2 bridgehead atoms. The molecule has 1 aliphatic carbocycles. The minimum absolute atomic E-state index is 0.115. The van der Waals surface area contributed by atoms with Crippen LogP contribution in [0, 0.1) is 17.7 Å². The summed E-state index contributed by atoms with van der Waals surface area (Å²) in [6.45, 7) is 0. The van der Waals surface area contributed by atoms with Crippen molar-refractivity contribution in [2.24, 2.45) is 11.8 Å². The number of nitrogen functional groups attached to an aromatic ring is 1. The second-order valence-corrected chi connectivity index (χ2v) is 4.92. The van der Waals surface area contributed by atoms with E-state index in [0.29, 0.717) is 6.42 Å². The molecule has 1 aromatic carbocycles. The molecule has 2 unspecified atom stereocenters. The van der Waals surface area contributed by atoms with Crippen LogP contribution in [0.4, 0.5) is 15.8 Å². The van der Waals surface area contributed by atoms with Gasteiger partial charge in [0.05, 0.1) is 11.4 Å². The van der Waals surface area contributed by atoms with Crippen LogP contribution in [0.1, 0.15) is 19.3 Å². The molecule has 4 nitrogen and oxygen atoms in total. The first-order valence-corrected chi connectivity index (χ1v) is 6.01. The van der Waals surface area contributed by atoms with Crippen molar-refractivity contribution in [1.82, 2.24) is 0 Å². The zero-order chi connectivity index (χ0) is 12.9. The normalized spacial score (nSPS) is 26.8. The molecule has 1 saturated carbocycles. The van der Waals surface area contributed by atoms with Gasteiger partial charge in [-0.25, -0.2) is 9.29 Å². The number of rotatable bonds is 1. The second kappa shape index (κ2) is 3.80. The van der Waals surface area contributed by atoms with Gasteiger partial charge in [-0.3, -0.25) is 9.59 Å². The lowest BCUT2D eigenvalue weighted by Gasteiger charge is -2.30. The quantitative estimate of drug-likeness (QED) is 0.607. The van der Waals surface area contributed by atoms with E-state index in [2.05, 4.69) is 0 Å². The fourth-order valence-corrected chi connectivity index (χ4v) is 2.85. The third-order valence-electron chi connectivity index (χ3n) is 3.81. The number of benzene rings is 1. The zero-order valence-electron chi connectivity index (χ0n) is 9.73. The molecule has 5 heteroatoms. The molecule has 2 amide bonds. The Labute approximate surface area is 104 Å². The van der Waals surface area contributed by atoms with Crippen molar-refractivity contribution in [3.05, 3.63) is 24.0 Å². The molecule has 2 N–H and O–H groups in total. The molecular weight excluding hydrogens is 235 g/mol. The van der Waals surface area contributed by atoms with Crippen LogP contribution in [0.5, 0.6) is 0 Å². The molecule has 1 aliphatic heterocycles. The number of amides is 2. The topological polar surface area (TPSA) is 63.4 Å². The Morgan fingerprint density at radius 2 is 1.78 bits per heavy atom. The average molecular weight is 248 g/mol. The zero-order valence-corrected chi connectivity index (χ0v) is 9.73. The van der Waals surface area contributed by atoms with Gasteiger partial charge < -0.3 is 5.73 Å². The number of carbonyl (C=O) groups excluding carboxylic acids is 2. The van der Waals surface area contributed by atoms with Crippen molar-refractivity contribution in [1.29, 1.82) is 0 Å². The maximum absolute atomic E-state index is 13.3. The van der Waals surface area contributed by atoms with Gasteiger partial charge in [-0.15, -0.1) is 0 Å². The molecule has 1 heterocycles. The third kappa shape index (κ3) is 1.50. The standard InChI is InChI=1S/C13H13FN2O2/c14-9-3-4-10(15)11(6-9)16-12(17)7-1-2-8(5-7)13(16)18/h3-4,6-8H,1-2,5,15H2. The number of piperidine rings is 1. The number of carbonyl (C=O) groups is 2. The summed E-state index contributed by atoms with van der Waals surface area (Å²) in [6, 6.07) is 3.74. The number of fused-ring (bicyclic) bond motifs is 2. The summed E-state index contributed by atoms with van der Waals surface area (Å²) in [4.78, 5) is 25.4. The summed E-state index contributed by atoms with van der Waals surface area (Å²) >= 11 is 0. The van der Waals surface area contributed by atoms with Gasteiger partial charge in [0.2, 0.25) is 11.8 Å². The Hall–Kier alpha value is -1.91. The Bertz CT molecular complexity index is 522. The van der Waals surface area contributed by atoms with Crippen LogP contribution in [-0.2, 0) is 9.59 Å². The van der Waals surface area contributed by atoms with Crippen LogP contribution in [0.25, 0.3) is 0 Å². The first-order valence-electron chi connectivity index (χ1n) is 6.01. The van der Waals surface area contributed by atoms with Crippen molar-refractivity contribution < 1.29 is 14.0 Å². The monoisotopic (exact) mass is 248 g/mol. The largest absolute Gasteiger partial charge is 0.397 e. The first kappa shape index (κ1) is 11.2. The lowest BCUT2D eigenvalue weighted by Crippen LogP contribution is -2.46. The number of nitrogens with zero attached hydrogens (tertiary/aromatic N) is 1. The lowest BCUT2D eigenvalue weighted by molar-refractivity contribution is -0.132.